The van der Waals surface area contributed by atoms with Crippen molar-refractivity contribution in [3.63, 3.8) is 0 Å². The van der Waals surface area contributed by atoms with Crippen LogP contribution in [0.25, 0.3) is 0 Å². The van der Waals surface area contributed by atoms with Gasteiger partial charge >= 0.3 is 0 Å². The molecule has 0 bridgehead atoms. The number of piperidine rings is 1. The van der Waals surface area contributed by atoms with Gasteiger partial charge in [-0.15, -0.1) is 0 Å². The van der Waals surface area contributed by atoms with Crippen molar-refractivity contribution < 1.29 is 9.90 Å². The second kappa shape index (κ2) is 7.14. The zero-order valence-corrected chi connectivity index (χ0v) is 14.6. The van der Waals surface area contributed by atoms with E-state index in [9.17, 15) is 9.90 Å². The van der Waals surface area contributed by atoms with Crippen molar-refractivity contribution in [2.24, 2.45) is 0 Å². The number of benzene rings is 1. The lowest BCUT2D eigenvalue weighted by Gasteiger charge is -2.41. The zero-order chi connectivity index (χ0) is 16.3. The molecule has 0 unspecified atom stereocenters. The van der Waals surface area contributed by atoms with Gasteiger partial charge in [0.1, 0.15) is 5.60 Å². The summed E-state index contributed by atoms with van der Waals surface area (Å²) in [4.78, 5) is 16.9. The van der Waals surface area contributed by atoms with E-state index in [4.69, 9.17) is 0 Å². The maximum absolute atomic E-state index is 12.7. The molecule has 2 fully saturated rings. The lowest BCUT2D eigenvalue weighted by molar-refractivity contribution is -0.153. The van der Waals surface area contributed by atoms with E-state index >= 15 is 0 Å². The Morgan fingerprint density at radius 2 is 1.83 bits per heavy atom. The van der Waals surface area contributed by atoms with Crippen molar-refractivity contribution in [3.8, 4) is 0 Å². The number of likely N-dealkylation sites (tertiary alicyclic amines) is 1. The Labute approximate surface area is 142 Å². The number of carbonyl (C=O) groups excluding carboxylic acids is 1. The quantitative estimate of drug-likeness (QED) is 0.922. The molecule has 1 amide bonds. The molecule has 1 aromatic carbocycles. The Kier molecular flexibility index (Phi) is 5.17. The van der Waals surface area contributed by atoms with Crippen LogP contribution < -0.4 is 4.90 Å². The summed E-state index contributed by atoms with van der Waals surface area (Å²) in [7, 11) is 2.13. The lowest BCUT2D eigenvalue weighted by atomic mass is 9.93. The van der Waals surface area contributed by atoms with Crippen LogP contribution in [0.2, 0.25) is 0 Å². The molecule has 0 saturated carbocycles. The first-order valence-corrected chi connectivity index (χ1v) is 9.63. The summed E-state index contributed by atoms with van der Waals surface area (Å²) in [6.07, 6.45) is 3.12. The zero-order valence-electron chi connectivity index (χ0n) is 13.8. The minimum atomic E-state index is -1.11. The van der Waals surface area contributed by atoms with E-state index in [0.717, 1.165) is 37.4 Å². The van der Waals surface area contributed by atoms with Crippen LogP contribution in [0.4, 0.5) is 5.69 Å². The number of amides is 1. The summed E-state index contributed by atoms with van der Waals surface area (Å²) < 4.78 is 0. The SMILES string of the molecule is CN(c1ccccc1)C1CCN(C(=O)C2(O)CCSCC2)CC1. The van der Waals surface area contributed by atoms with E-state index in [0.29, 0.717) is 18.9 Å². The first-order valence-electron chi connectivity index (χ1n) is 8.47. The number of nitrogens with zero attached hydrogens (tertiary/aromatic N) is 2. The van der Waals surface area contributed by atoms with Gasteiger partial charge in [-0.3, -0.25) is 4.79 Å². The second-order valence-electron chi connectivity index (χ2n) is 6.61. The van der Waals surface area contributed by atoms with Crippen LogP contribution in [0.3, 0.4) is 0 Å². The van der Waals surface area contributed by atoms with Crippen LogP contribution in [0.15, 0.2) is 30.3 Å². The molecule has 2 heterocycles. The first-order chi connectivity index (χ1) is 11.1. The van der Waals surface area contributed by atoms with E-state index in [2.05, 4.69) is 36.2 Å². The Bertz CT molecular complexity index is 523. The van der Waals surface area contributed by atoms with E-state index in [1.807, 2.05) is 22.7 Å². The third-order valence-corrected chi connectivity index (χ3v) is 6.17. The van der Waals surface area contributed by atoms with Gasteiger partial charge in [-0.1, -0.05) is 18.2 Å². The minimum absolute atomic E-state index is 0.0429. The van der Waals surface area contributed by atoms with Crippen LogP contribution in [0.5, 0.6) is 0 Å². The fourth-order valence-corrected chi connectivity index (χ4v) is 4.72. The highest BCUT2D eigenvalue weighted by atomic mass is 32.2. The minimum Gasteiger partial charge on any atom is -0.380 e. The Morgan fingerprint density at radius 1 is 1.22 bits per heavy atom. The van der Waals surface area contributed by atoms with Crippen molar-refractivity contribution >= 4 is 23.4 Å². The van der Waals surface area contributed by atoms with Gasteiger partial charge in [0, 0.05) is 31.9 Å². The average molecular weight is 334 g/mol. The van der Waals surface area contributed by atoms with Crippen molar-refractivity contribution in [2.75, 3.05) is 36.5 Å². The molecule has 2 saturated heterocycles. The number of hydrogen-bond acceptors (Lipinski definition) is 4. The van der Waals surface area contributed by atoms with Crippen LogP contribution in [0, 0.1) is 0 Å². The highest BCUT2D eigenvalue weighted by Gasteiger charge is 2.41. The molecule has 0 aliphatic carbocycles. The molecular weight excluding hydrogens is 308 g/mol. The molecular formula is C18H26N2O2S. The molecule has 3 rings (SSSR count). The monoisotopic (exact) mass is 334 g/mol. The van der Waals surface area contributed by atoms with Crippen molar-refractivity contribution in [1.82, 2.24) is 4.90 Å². The van der Waals surface area contributed by atoms with E-state index in [1.165, 1.54) is 5.69 Å². The fourth-order valence-electron chi connectivity index (χ4n) is 3.55. The molecule has 5 heteroatoms. The van der Waals surface area contributed by atoms with Gasteiger partial charge in [0.25, 0.3) is 5.91 Å². The van der Waals surface area contributed by atoms with Gasteiger partial charge in [-0.2, -0.15) is 11.8 Å². The van der Waals surface area contributed by atoms with E-state index in [-0.39, 0.29) is 5.91 Å². The topological polar surface area (TPSA) is 43.8 Å². The van der Waals surface area contributed by atoms with Gasteiger partial charge in [0.2, 0.25) is 0 Å². The number of rotatable bonds is 3. The lowest BCUT2D eigenvalue weighted by Crippen LogP contribution is -2.54. The summed E-state index contributed by atoms with van der Waals surface area (Å²) in [5.41, 5.74) is 0.115. The first kappa shape index (κ1) is 16.7. The summed E-state index contributed by atoms with van der Waals surface area (Å²) >= 11 is 1.83. The molecule has 0 aromatic heterocycles. The van der Waals surface area contributed by atoms with Crippen molar-refractivity contribution in [2.45, 2.75) is 37.3 Å². The predicted molar refractivity (Wildman–Crippen MR) is 96.0 cm³/mol. The van der Waals surface area contributed by atoms with E-state index in [1.54, 1.807) is 0 Å². The third-order valence-electron chi connectivity index (χ3n) is 5.18. The van der Waals surface area contributed by atoms with Gasteiger partial charge in [-0.05, 0) is 49.3 Å². The summed E-state index contributed by atoms with van der Waals surface area (Å²) in [6.45, 7) is 1.49. The maximum atomic E-state index is 12.7. The molecule has 1 aromatic rings. The predicted octanol–water partition coefficient (Wildman–Crippen LogP) is 2.37. The highest BCUT2D eigenvalue weighted by Crippen LogP contribution is 2.30. The number of carbonyl (C=O) groups is 1. The molecule has 4 nitrogen and oxygen atoms in total. The van der Waals surface area contributed by atoms with Gasteiger partial charge in [0.15, 0.2) is 0 Å². The molecule has 2 aliphatic heterocycles. The molecule has 2 aliphatic rings. The van der Waals surface area contributed by atoms with Crippen LogP contribution in [-0.4, -0.2) is 59.2 Å². The Morgan fingerprint density at radius 3 is 2.43 bits per heavy atom. The number of anilines is 1. The Balaban J connectivity index is 1.57. The number of para-hydroxylation sites is 1. The van der Waals surface area contributed by atoms with Gasteiger partial charge in [-0.25, -0.2) is 0 Å². The van der Waals surface area contributed by atoms with Crippen molar-refractivity contribution in [1.29, 1.82) is 0 Å². The standard InChI is InChI=1S/C18H26N2O2S/c1-19(15-5-3-2-4-6-15)16-7-11-20(12-8-16)17(21)18(22)9-13-23-14-10-18/h2-6,16,22H,7-14H2,1H3. The normalized spacial score (nSPS) is 21.9. The summed E-state index contributed by atoms with van der Waals surface area (Å²) in [5.74, 6) is 1.73. The van der Waals surface area contributed by atoms with Gasteiger partial charge < -0.3 is 14.9 Å². The average Bonchev–Trinajstić information content (AvgIpc) is 2.62. The summed E-state index contributed by atoms with van der Waals surface area (Å²) in [5, 5.41) is 10.6. The number of aliphatic hydroxyl groups is 1. The molecule has 1 N–H and O–H groups in total. The molecule has 0 atom stereocenters. The maximum Gasteiger partial charge on any atom is 0.254 e. The third kappa shape index (κ3) is 3.66. The number of thioether (sulfide) groups is 1. The van der Waals surface area contributed by atoms with Gasteiger partial charge in [0.05, 0.1) is 0 Å². The Hall–Kier alpha value is -1.20. The van der Waals surface area contributed by atoms with Crippen LogP contribution in [0.1, 0.15) is 25.7 Å². The smallest absolute Gasteiger partial charge is 0.254 e. The molecule has 23 heavy (non-hydrogen) atoms. The van der Waals surface area contributed by atoms with Crippen LogP contribution >= 0.6 is 11.8 Å². The largest absolute Gasteiger partial charge is 0.380 e. The van der Waals surface area contributed by atoms with Crippen LogP contribution in [-0.2, 0) is 4.79 Å². The molecule has 0 radical (unpaired) electrons. The summed E-state index contributed by atoms with van der Waals surface area (Å²) in [6, 6.07) is 10.8. The van der Waals surface area contributed by atoms with E-state index < -0.39 is 5.60 Å². The van der Waals surface area contributed by atoms with Crippen molar-refractivity contribution in [3.05, 3.63) is 30.3 Å². The second-order valence-corrected chi connectivity index (χ2v) is 7.84. The number of hydrogen-bond donors (Lipinski definition) is 1. The molecule has 126 valence electrons. The molecule has 0 spiro atoms. The fraction of sp³-hybridized carbons (Fsp3) is 0.611. The highest BCUT2D eigenvalue weighted by molar-refractivity contribution is 7.99.